The van der Waals surface area contributed by atoms with E-state index in [4.69, 9.17) is 0 Å². The molecule has 0 bridgehead atoms. The lowest BCUT2D eigenvalue weighted by Gasteiger charge is -2.42. The zero-order valence-corrected chi connectivity index (χ0v) is 9.51. The minimum absolute atomic E-state index is 0.218. The van der Waals surface area contributed by atoms with Crippen molar-refractivity contribution in [3.63, 3.8) is 0 Å². The van der Waals surface area contributed by atoms with Crippen molar-refractivity contribution in [2.75, 3.05) is 20.1 Å². The summed E-state index contributed by atoms with van der Waals surface area (Å²) < 4.78 is 0. The zero-order valence-electron chi connectivity index (χ0n) is 9.51. The SMILES string of the molecule is CN1CCN=C1NC(C)(C)C1CCC1. The van der Waals surface area contributed by atoms with Gasteiger partial charge in [0.15, 0.2) is 5.96 Å². The van der Waals surface area contributed by atoms with E-state index in [1.54, 1.807) is 0 Å². The molecule has 0 amide bonds. The van der Waals surface area contributed by atoms with E-state index in [0.717, 1.165) is 25.0 Å². The maximum Gasteiger partial charge on any atom is 0.194 e. The lowest BCUT2D eigenvalue weighted by atomic mass is 9.72. The number of likely N-dealkylation sites (N-methyl/N-ethyl adjacent to an activating group) is 1. The van der Waals surface area contributed by atoms with Gasteiger partial charge >= 0.3 is 0 Å². The summed E-state index contributed by atoms with van der Waals surface area (Å²) in [6.07, 6.45) is 4.14. The van der Waals surface area contributed by atoms with Gasteiger partial charge in [0.05, 0.1) is 6.54 Å². The van der Waals surface area contributed by atoms with Crippen LogP contribution in [0.5, 0.6) is 0 Å². The smallest absolute Gasteiger partial charge is 0.194 e. The quantitative estimate of drug-likeness (QED) is 0.722. The molecule has 1 heterocycles. The molecule has 14 heavy (non-hydrogen) atoms. The van der Waals surface area contributed by atoms with Crippen molar-refractivity contribution in [2.24, 2.45) is 10.9 Å². The summed E-state index contributed by atoms with van der Waals surface area (Å²) in [6, 6.07) is 0. The molecule has 2 rings (SSSR count). The maximum absolute atomic E-state index is 4.47. The number of nitrogens with one attached hydrogen (secondary N) is 1. The second-order valence-electron chi connectivity index (χ2n) is 5.10. The van der Waals surface area contributed by atoms with Crippen LogP contribution in [0.15, 0.2) is 4.99 Å². The molecule has 80 valence electrons. The monoisotopic (exact) mass is 195 g/mol. The summed E-state index contributed by atoms with van der Waals surface area (Å²) in [5, 5.41) is 3.58. The number of aliphatic imine (C=N–C) groups is 1. The number of hydrogen-bond acceptors (Lipinski definition) is 3. The molecule has 1 N–H and O–H groups in total. The van der Waals surface area contributed by atoms with Gasteiger partial charge in [0.1, 0.15) is 0 Å². The third-order valence-corrected chi connectivity index (χ3v) is 3.62. The average Bonchev–Trinajstić information content (AvgIpc) is 2.30. The number of hydrogen-bond donors (Lipinski definition) is 1. The summed E-state index contributed by atoms with van der Waals surface area (Å²) in [4.78, 5) is 6.68. The summed E-state index contributed by atoms with van der Waals surface area (Å²) >= 11 is 0. The summed E-state index contributed by atoms with van der Waals surface area (Å²) in [5.41, 5.74) is 0.218. The van der Waals surface area contributed by atoms with Crippen LogP contribution < -0.4 is 5.32 Å². The molecule has 3 nitrogen and oxygen atoms in total. The van der Waals surface area contributed by atoms with Gasteiger partial charge in [0, 0.05) is 19.1 Å². The molecule has 1 fully saturated rings. The molecule has 0 unspecified atom stereocenters. The van der Waals surface area contributed by atoms with Gasteiger partial charge in [-0.1, -0.05) is 6.42 Å². The predicted octanol–water partition coefficient (Wildman–Crippen LogP) is 1.46. The lowest BCUT2D eigenvalue weighted by Crippen LogP contribution is -2.54. The molecular weight excluding hydrogens is 174 g/mol. The number of rotatable bonds is 2. The van der Waals surface area contributed by atoms with Crippen molar-refractivity contribution >= 4 is 5.96 Å². The Bertz CT molecular complexity index is 241. The Balaban J connectivity index is 1.94. The molecule has 3 heteroatoms. The van der Waals surface area contributed by atoms with Crippen LogP contribution in [0.3, 0.4) is 0 Å². The van der Waals surface area contributed by atoms with Crippen molar-refractivity contribution in [1.82, 2.24) is 10.2 Å². The third-order valence-electron chi connectivity index (χ3n) is 3.62. The van der Waals surface area contributed by atoms with Gasteiger partial charge in [-0.25, -0.2) is 0 Å². The lowest BCUT2D eigenvalue weighted by molar-refractivity contribution is 0.176. The van der Waals surface area contributed by atoms with Gasteiger partial charge in [-0.15, -0.1) is 0 Å². The molecule has 0 aromatic heterocycles. The molecule has 0 spiro atoms. The molecule has 1 aliphatic carbocycles. The van der Waals surface area contributed by atoms with Crippen molar-refractivity contribution < 1.29 is 0 Å². The van der Waals surface area contributed by atoms with Crippen LogP contribution in [0.2, 0.25) is 0 Å². The predicted molar refractivity (Wildman–Crippen MR) is 59.5 cm³/mol. The second kappa shape index (κ2) is 3.44. The highest BCUT2D eigenvalue weighted by Crippen LogP contribution is 2.35. The Morgan fingerprint density at radius 1 is 1.43 bits per heavy atom. The van der Waals surface area contributed by atoms with Gasteiger partial charge in [-0.3, -0.25) is 4.99 Å². The zero-order chi connectivity index (χ0) is 10.2. The molecule has 1 saturated carbocycles. The van der Waals surface area contributed by atoms with Crippen LogP contribution in [-0.2, 0) is 0 Å². The number of nitrogens with zero attached hydrogens (tertiary/aromatic N) is 2. The molecule has 2 aliphatic rings. The van der Waals surface area contributed by atoms with Crippen molar-refractivity contribution in [1.29, 1.82) is 0 Å². The van der Waals surface area contributed by atoms with Gasteiger partial charge in [0.2, 0.25) is 0 Å². The average molecular weight is 195 g/mol. The highest BCUT2D eigenvalue weighted by molar-refractivity contribution is 5.81. The molecule has 0 atom stereocenters. The number of guanidine groups is 1. The van der Waals surface area contributed by atoms with Crippen molar-refractivity contribution in [2.45, 2.75) is 38.6 Å². The Hall–Kier alpha value is -0.730. The molecule has 0 radical (unpaired) electrons. The van der Waals surface area contributed by atoms with Gasteiger partial charge < -0.3 is 10.2 Å². The van der Waals surface area contributed by atoms with E-state index in [9.17, 15) is 0 Å². The van der Waals surface area contributed by atoms with Gasteiger partial charge in [-0.05, 0) is 32.6 Å². The molecule has 1 aliphatic heterocycles. The fourth-order valence-electron chi connectivity index (χ4n) is 2.19. The summed E-state index contributed by atoms with van der Waals surface area (Å²) in [7, 11) is 2.11. The van der Waals surface area contributed by atoms with E-state index in [-0.39, 0.29) is 5.54 Å². The van der Waals surface area contributed by atoms with Crippen LogP contribution in [0.4, 0.5) is 0 Å². The first-order chi connectivity index (χ1) is 6.59. The third kappa shape index (κ3) is 1.72. The molecule has 0 aromatic rings. The van der Waals surface area contributed by atoms with E-state index in [2.05, 4.69) is 36.1 Å². The van der Waals surface area contributed by atoms with Crippen LogP contribution in [-0.4, -0.2) is 36.5 Å². The van der Waals surface area contributed by atoms with Crippen LogP contribution in [0.25, 0.3) is 0 Å². The highest BCUT2D eigenvalue weighted by atomic mass is 15.3. The molecule has 0 saturated heterocycles. The molecular formula is C11H21N3. The Kier molecular flexibility index (Phi) is 2.41. The van der Waals surface area contributed by atoms with Crippen molar-refractivity contribution in [3.05, 3.63) is 0 Å². The Morgan fingerprint density at radius 3 is 2.57 bits per heavy atom. The largest absolute Gasteiger partial charge is 0.351 e. The fraction of sp³-hybridized carbons (Fsp3) is 0.909. The van der Waals surface area contributed by atoms with E-state index < -0.39 is 0 Å². The second-order valence-corrected chi connectivity index (χ2v) is 5.10. The summed E-state index contributed by atoms with van der Waals surface area (Å²) in [6.45, 7) is 6.60. The van der Waals surface area contributed by atoms with E-state index in [1.165, 1.54) is 19.3 Å². The maximum atomic E-state index is 4.47. The topological polar surface area (TPSA) is 27.6 Å². The first kappa shape index (κ1) is 9.81. The first-order valence-electron chi connectivity index (χ1n) is 5.63. The summed E-state index contributed by atoms with van der Waals surface area (Å²) in [5.74, 6) is 1.92. The van der Waals surface area contributed by atoms with Crippen molar-refractivity contribution in [3.8, 4) is 0 Å². The normalized spacial score (nSPS) is 23.4. The van der Waals surface area contributed by atoms with Crippen LogP contribution in [0.1, 0.15) is 33.1 Å². The minimum Gasteiger partial charge on any atom is -0.351 e. The van der Waals surface area contributed by atoms with Gasteiger partial charge in [0.25, 0.3) is 0 Å². The van der Waals surface area contributed by atoms with Crippen LogP contribution >= 0.6 is 0 Å². The Morgan fingerprint density at radius 2 is 2.14 bits per heavy atom. The van der Waals surface area contributed by atoms with Crippen LogP contribution in [0, 0.1) is 5.92 Å². The Labute approximate surface area is 86.6 Å². The highest BCUT2D eigenvalue weighted by Gasteiger charge is 2.35. The minimum atomic E-state index is 0.218. The van der Waals surface area contributed by atoms with E-state index >= 15 is 0 Å². The van der Waals surface area contributed by atoms with E-state index in [1.807, 2.05) is 0 Å². The molecule has 0 aromatic carbocycles. The standard InChI is InChI=1S/C11H21N3/c1-11(2,9-5-4-6-9)13-10-12-7-8-14(10)3/h9H,4-8H2,1-3H3,(H,12,13). The van der Waals surface area contributed by atoms with E-state index in [0.29, 0.717) is 0 Å². The fourth-order valence-corrected chi connectivity index (χ4v) is 2.19. The first-order valence-corrected chi connectivity index (χ1v) is 5.63. The van der Waals surface area contributed by atoms with Gasteiger partial charge in [-0.2, -0.15) is 0 Å².